The second-order valence-electron chi connectivity index (χ2n) is 9.04. The predicted octanol–water partition coefficient (Wildman–Crippen LogP) is 7.06. The van der Waals surface area contributed by atoms with Gasteiger partial charge < -0.3 is 0 Å². The van der Waals surface area contributed by atoms with Crippen LogP contribution in [-0.2, 0) is 12.6 Å². The molecule has 1 aliphatic heterocycles. The van der Waals surface area contributed by atoms with Crippen LogP contribution in [0.4, 0.5) is 0 Å². The third-order valence-electron chi connectivity index (χ3n) is 6.91. The fraction of sp³-hybridized carbons (Fsp3) is 0.0968. The lowest BCUT2D eigenvalue weighted by atomic mass is 9.35. The van der Waals surface area contributed by atoms with Crippen LogP contribution in [0.2, 0.25) is 0 Å². The topological polar surface area (TPSA) is 0 Å². The summed E-state index contributed by atoms with van der Waals surface area (Å²) in [5.74, 6) is 0. The van der Waals surface area contributed by atoms with E-state index in [1.165, 1.54) is 55.2 Å². The van der Waals surface area contributed by atoms with Crippen LogP contribution in [0.5, 0.6) is 0 Å². The molecule has 0 aromatic heterocycles. The van der Waals surface area contributed by atoms with Crippen molar-refractivity contribution in [1.29, 1.82) is 0 Å². The first-order valence-electron chi connectivity index (χ1n) is 11.5. The molecule has 0 saturated carbocycles. The zero-order valence-electron chi connectivity index (χ0n) is 18.4. The summed E-state index contributed by atoms with van der Waals surface area (Å²) >= 11 is 0. The van der Waals surface area contributed by atoms with Gasteiger partial charge in [-0.15, -0.1) is 0 Å². The third-order valence-corrected chi connectivity index (χ3v) is 6.91. The molecule has 1 heteroatoms. The fourth-order valence-corrected chi connectivity index (χ4v) is 5.65. The van der Waals surface area contributed by atoms with Gasteiger partial charge in [0.2, 0.25) is 0 Å². The molecule has 0 saturated heterocycles. The third kappa shape index (κ3) is 3.26. The van der Waals surface area contributed by atoms with E-state index in [0.717, 1.165) is 12.6 Å². The Labute approximate surface area is 190 Å². The second-order valence-corrected chi connectivity index (χ2v) is 9.04. The molecule has 152 valence electrons. The van der Waals surface area contributed by atoms with Gasteiger partial charge in [-0.3, -0.25) is 0 Å². The Kier molecular flexibility index (Phi) is 4.69. The van der Waals surface area contributed by atoms with Gasteiger partial charge in [-0.1, -0.05) is 120 Å². The minimum absolute atomic E-state index is 0.446. The fourth-order valence-electron chi connectivity index (χ4n) is 5.65. The molecule has 1 heterocycles. The van der Waals surface area contributed by atoms with Crippen LogP contribution in [0, 0.1) is 6.92 Å². The van der Waals surface area contributed by atoms with E-state index in [0.29, 0.717) is 6.71 Å². The highest BCUT2D eigenvalue weighted by molar-refractivity contribution is 6.75. The molecule has 0 aliphatic carbocycles. The summed E-state index contributed by atoms with van der Waals surface area (Å²) in [5.41, 5.74) is 11.1. The highest BCUT2D eigenvalue weighted by Gasteiger charge is 2.29. The van der Waals surface area contributed by atoms with Crippen molar-refractivity contribution >= 4 is 22.9 Å². The number of hydrogen-bond acceptors (Lipinski definition) is 0. The van der Waals surface area contributed by atoms with E-state index in [1.54, 1.807) is 0 Å². The van der Waals surface area contributed by atoms with Crippen LogP contribution in [0.3, 0.4) is 0 Å². The molecule has 1 aliphatic rings. The largest absolute Gasteiger partial charge is 0.186 e. The molecule has 5 aromatic carbocycles. The van der Waals surface area contributed by atoms with Gasteiger partial charge in [-0.25, -0.2) is 0 Å². The molecule has 0 atom stereocenters. The lowest BCUT2D eigenvalue weighted by Gasteiger charge is -2.28. The van der Waals surface area contributed by atoms with Gasteiger partial charge in [-0.2, -0.15) is 0 Å². The van der Waals surface area contributed by atoms with Gasteiger partial charge in [-0.05, 0) is 63.7 Å². The zero-order valence-corrected chi connectivity index (χ0v) is 18.4. The molecule has 0 unspecified atom stereocenters. The predicted molar refractivity (Wildman–Crippen MR) is 139 cm³/mol. The molecular weight excluding hydrogens is 383 g/mol. The van der Waals surface area contributed by atoms with E-state index in [2.05, 4.69) is 116 Å². The zero-order chi connectivity index (χ0) is 21.5. The van der Waals surface area contributed by atoms with E-state index in [9.17, 15) is 0 Å². The molecule has 32 heavy (non-hydrogen) atoms. The molecule has 0 spiro atoms. The van der Waals surface area contributed by atoms with E-state index < -0.39 is 0 Å². The van der Waals surface area contributed by atoms with E-state index in [-0.39, 0.29) is 0 Å². The standard InChI is InChI=1S/C31H25B/c1-22-18-25-14-8-15-26-20-32(21-27(19-22)30(25)26)31-28(23-10-4-2-5-11-23)16-9-17-29(31)24-12-6-3-7-13-24/h2-19H,20-21H2,1H3. The summed E-state index contributed by atoms with van der Waals surface area (Å²) in [5, 5.41) is 2.86. The van der Waals surface area contributed by atoms with Crippen molar-refractivity contribution in [2.75, 3.05) is 0 Å². The average molecular weight is 408 g/mol. The van der Waals surface area contributed by atoms with E-state index >= 15 is 0 Å². The number of hydrogen-bond donors (Lipinski definition) is 0. The van der Waals surface area contributed by atoms with Crippen LogP contribution >= 0.6 is 0 Å². The monoisotopic (exact) mass is 408 g/mol. The van der Waals surface area contributed by atoms with Crippen LogP contribution in [0.15, 0.2) is 109 Å². The first kappa shape index (κ1) is 19.1. The molecule has 5 aromatic rings. The summed E-state index contributed by atoms with van der Waals surface area (Å²) < 4.78 is 0. The van der Waals surface area contributed by atoms with Gasteiger partial charge in [0.05, 0.1) is 0 Å². The SMILES string of the molecule is Cc1cc2c3c(cccc3c1)CB(c1c(-c3ccccc3)cccc1-c1ccccc1)C2. The van der Waals surface area contributed by atoms with Gasteiger partial charge in [0.1, 0.15) is 0 Å². The van der Waals surface area contributed by atoms with Crippen molar-refractivity contribution in [3.05, 3.63) is 126 Å². The minimum atomic E-state index is 0.446. The summed E-state index contributed by atoms with van der Waals surface area (Å²) in [6, 6.07) is 40.2. The summed E-state index contributed by atoms with van der Waals surface area (Å²) in [7, 11) is 0. The van der Waals surface area contributed by atoms with Crippen molar-refractivity contribution in [2.45, 2.75) is 19.6 Å². The normalized spacial score (nSPS) is 12.8. The van der Waals surface area contributed by atoms with E-state index in [1.807, 2.05) is 0 Å². The number of aryl methyl sites for hydroxylation is 1. The van der Waals surface area contributed by atoms with Crippen molar-refractivity contribution in [3.63, 3.8) is 0 Å². The quantitative estimate of drug-likeness (QED) is 0.280. The lowest BCUT2D eigenvalue weighted by Crippen LogP contribution is -2.40. The minimum Gasteiger partial charge on any atom is -0.0640 e. The van der Waals surface area contributed by atoms with Crippen molar-refractivity contribution < 1.29 is 0 Å². The van der Waals surface area contributed by atoms with Gasteiger partial charge in [0.25, 0.3) is 0 Å². The van der Waals surface area contributed by atoms with E-state index in [4.69, 9.17) is 0 Å². The molecule has 0 amide bonds. The highest BCUT2D eigenvalue weighted by Crippen LogP contribution is 2.33. The Balaban J connectivity index is 1.58. The first-order chi connectivity index (χ1) is 15.8. The molecular formula is C31H25B. The number of rotatable bonds is 3. The maximum Gasteiger partial charge on any atom is 0.186 e. The molecule has 0 N–H and O–H groups in total. The van der Waals surface area contributed by atoms with Crippen molar-refractivity contribution in [1.82, 2.24) is 0 Å². The Morgan fingerprint density at radius 1 is 0.562 bits per heavy atom. The smallest absolute Gasteiger partial charge is 0.0640 e. The second kappa shape index (κ2) is 7.84. The molecule has 6 rings (SSSR count). The maximum absolute atomic E-state index is 2.41. The van der Waals surface area contributed by atoms with Gasteiger partial charge >= 0.3 is 0 Å². The highest BCUT2D eigenvalue weighted by atomic mass is 14.2. The Bertz CT molecular complexity index is 1360. The molecule has 0 bridgehead atoms. The van der Waals surface area contributed by atoms with Gasteiger partial charge in [0.15, 0.2) is 6.71 Å². The molecule has 0 fully saturated rings. The van der Waals surface area contributed by atoms with Crippen molar-refractivity contribution in [2.24, 2.45) is 0 Å². The Morgan fingerprint density at radius 3 is 1.81 bits per heavy atom. The summed E-state index contributed by atoms with van der Waals surface area (Å²) in [4.78, 5) is 0. The van der Waals surface area contributed by atoms with Crippen molar-refractivity contribution in [3.8, 4) is 22.3 Å². The number of benzene rings is 5. The van der Waals surface area contributed by atoms with Crippen LogP contribution in [0.25, 0.3) is 33.0 Å². The average Bonchev–Trinajstić information content (AvgIpc) is 2.84. The summed E-state index contributed by atoms with van der Waals surface area (Å²) in [6.45, 7) is 2.67. The Hall–Kier alpha value is -3.58. The molecule has 0 radical (unpaired) electrons. The summed E-state index contributed by atoms with van der Waals surface area (Å²) in [6.07, 6.45) is 2.16. The van der Waals surface area contributed by atoms with Crippen LogP contribution in [-0.4, -0.2) is 6.71 Å². The van der Waals surface area contributed by atoms with Crippen LogP contribution in [0.1, 0.15) is 16.7 Å². The maximum atomic E-state index is 2.41. The van der Waals surface area contributed by atoms with Crippen LogP contribution < -0.4 is 5.46 Å². The van der Waals surface area contributed by atoms with Gasteiger partial charge in [0, 0.05) is 0 Å². The first-order valence-corrected chi connectivity index (χ1v) is 11.5. The lowest BCUT2D eigenvalue weighted by molar-refractivity contribution is 1.24. The Morgan fingerprint density at radius 2 is 1.16 bits per heavy atom. The molecule has 0 nitrogen and oxygen atoms in total.